The third-order valence-corrected chi connectivity index (χ3v) is 2.96. The van der Waals surface area contributed by atoms with Crippen molar-refractivity contribution in [3.8, 4) is 5.75 Å². The number of carbonyl (C=O) groups is 2. The van der Waals surface area contributed by atoms with Gasteiger partial charge in [-0.3, -0.25) is 0 Å². The number of benzene rings is 1. The van der Waals surface area contributed by atoms with Gasteiger partial charge in [-0.05, 0) is 45.4 Å². The Morgan fingerprint density at radius 1 is 1.12 bits per heavy atom. The lowest BCUT2D eigenvalue weighted by molar-refractivity contribution is -0.157. The summed E-state index contributed by atoms with van der Waals surface area (Å²) in [5.74, 6) is -0.256. The van der Waals surface area contributed by atoms with Crippen LogP contribution >= 0.6 is 0 Å². The van der Waals surface area contributed by atoms with E-state index in [1.807, 2.05) is 12.1 Å². The fourth-order valence-electron chi connectivity index (χ4n) is 1.95. The van der Waals surface area contributed by atoms with E-state index < -0.39 is 17.7 Å². The van der Waals surface area contributed by atoms with Crippen LogP contribution < -0.4 is 4.74 Å². The topological polar surface area (TPSA) is 71.1 Å². The van der Waals surface area contributed by atoms with E-state index in [2.05, 4.69) is 0 Å². The first-order valence-electron chi connectivity index (χ1n) is 7.88. The molecule has 0 radical (unpaired) electrons. The second kappa shape index (κ2) is 9.27. The van der Waals surface area contributed by atoms with Crippen LogP contribution in [0.3, 0.4) is 0 Å². The lowest BCUT2D eigenvalue weighted by Gasteiger charge is -2.19. The van der Waals surface area contributed by atoms with Gasteiger partial charge in [-0.25, -0.2) is 9.59 Å². The first-order valence-corrected chi connectivity index (χ1v) is 7.88. The van der Waals surface area contributed by atoms with E-state index in [-0.39, 0.29) is 12.6 Å². The summed E-state index contributed by atoms with van der Waals surface area (Å²) in [5.41, 5.74) is 0.367. The number of rotatable bonds is 8. The monoisotopic (exact) mass is 338 g/mol. The van der Waals surface area contributed by atoms with Crippen molar-refractivity contribution in [2.24, 2.45) is 0 Å². The molecule has 134 valence electrons. The van der Waals surface area contributed by atoms with Gasteiger partial charge in [-0.1, -0.05) is 12.1 Å². The SMILES string of the molecule is CCOC(=O)[C@H](Cc1ccc(OCC(=O)OC(C)(C)C)cc1)OC. The summed E-state index contributed by atoms with van der Waals surface area (Å²) in [6.07, 6.45) is -0.236. The van der Waals surface area contributed by atoms with Crippen LogP contribution in [0.15, 0.2) is 24.3 Å². The van der Waals surface area contributed by atoms with E-state index >= 15 is 0 Å². The van der Waals surface area contributed by atoms with Crippen molar-refractivity contribution >= 4 is 11.9 Å². The zero-order valence-electron chi connectivity index (χ0n) is 15.0. The van der Waals surface area contributed by atoms with Gasteiger partial charge >= 0.3 is 11.9 Å². The maximum Gasteiger partial charge on any atom is 0.344 e. The van der Waals surface area contributed by atoms with Crippen molar-refractivity contribution in [3.63, 3.8) is 0 Å². The smallest absolute Gasteiger partial charge is 0.344 e. The number of methoxy groups -OCH3 is 1. The highest BCUT2D eigenvalue weighted by molar-refractivity contribution is 5.75. The van der Waals surface area contributed by atoms with Crippen molar-refractivity contribution in [3.05, 3.63) is 29.8 Å². The molecule has 1 rings (SSSR count). The summed E-state index contributed by atoms with van der Waals surface area (Å²) < 4.78 is 20.7. The summed E-state index contributed by atoms with van der Waals surface area (Å²) in [4.78, 5) is 23.3. The third-order valence-electron chi connectivity index (χ3n) is 2.96. The largest absolute Gasteiger partial charge is 0.482 e. The van der Waals surface area contributed by atoms with Crippen molar-refractivity contribution < 1.29 is 28.5 Å². The standard InChI is InChI=1S/C18H26O6/c1-6-22-17(20)15(21-5)11-13-7-9-14(10-8-13)23-12-16(19)24-18(2,3)4/h7-10,15H,6,11-12H2,1-5H3/t15-/m0/s1. The van der Waals surface area contributed by atoms with Gasteiger partial charge in [0, 0.05) is 13.5 Å². The molecule has 0 unspecified atom stereocenters. The minimum absolute atomic E-state index is 0.153. The Morgan fingerprint density at radius 3 is 2.25 bits per heavy atom. The molecule has 0 saturated carbocycles. The van der Waals surface area contributed by atoms with E-state index in [0.29, 0.717) is 18.8 Å². The highest BCUT2D eigenvalue weighted by Gasteiger charge is 2.20. The Kier molecular flexibility index (Phi) is 7.71. The van der Waals surface area contributed by atoms with Crippen LogP contribution in [0.2, 0.25) is 0 Å². The van der Waals surface area contributed by atoms with Crippen LogP contribution in [0, 0.1) is 0 Å². The van der Waals surface area contributed by atoms with Crippen molar-refractivity contribution in [2.45, 2.75) is 45.8 Å². The molecule has 1 atom stereocenters. The molecule has 0 bridgehead atoms. The molecular weight excluding hydrogens is 312 g/mol. The Morgan fingerprint density at radius 2 is 1.75 bits per heavy atom. The molecule has 0 aliphatic carbocycles. The van der Waals surface area contributed by atoms with Crippen molar-refractivity contribution in [1.82, 2.24) is 0 Å². The van der Waals surface area contributed by atoms with Gasteiger partial charge in [-0.15, -0.1) is 0 Å². The van der Waals surface area contributed by atoms with Crippen LogP contribution in [-0.4, -0.2) is 44.0 Å². The minimum atomic E-state index is -0.640. The Hall–Kier alpha value is -2.08. The molecule has 1 aromatic rings. The molecule has 0 N–H and O–H groups in total. The molecule has 0 fully saturated rings. The first kappa shape index (κ1) is 20.0. The zero-order valence-corrected chi connectivity index (χ0v) is 15.0. The van der Waals surface area contributed by atoms with E-state index in [9.17, 15) is 9.59 Å². The molecule has 0 heterocycles. The minimum Gasteiger partial charge on any atom is -0.482 e. The van der Waals surface area contributed by atoms with Crippen LogP contribution in [0.1, 0.15) is 33.3 Å². The molecule has 0 saturated heterocycles. The van der Waals surface area contributed by atoms with Gasteiger partial charge in [0.2, 0.25) is 0 Å². The average Bonchev–Trinajstić information content (AvgIpc) is 2.50. The summed E-state index contributed by atoms with van der Waals surface area (Å²) in [6.45, 7) is 7.32. The molecular formula is C18H26O6. The molecule has 1 aromatic carbocycles. The van der Waals surface area contributed by atoms with Crippen molar-refractivity contribution in [1.29, 1.82) is 0 Å². The molecule has 6 heteroatoms. The fourth-order valence-corrected chi connectivity index (χ4v) is 1.95. The molecule has 0 aromatic heterocycles. The second-order valence-corrected chi connectivity index (χ2v) is 6.20. The van der Waals surface area contributed by atoms with E-state index in [1.54, 1.807) is 39.8 Å². The van der Waals surface area contributed by atoms with Gasteiger partial charge in [-0.2, -0.15) is 0 Å². The third kappa shape index (κ3) is 7.46. The molecule has 0 spiro atoms. The highest BCUT2D eigenvalue weighted by Crippen LogP contribution is 2.15. The molecule has 0 aliphatic rings. The van der Waals surface area contributed by atoms with Crippen LogP contribution in [0.25, 0.3) is 0 Å². The normalized spacial score (nSPS) is 12.4. The van der Waals surface area contributed by atoms with Crippen molar-refractivity contribution in [2.75, 3.05) is 20.3 Å². The summed E-state index contributed by atoms with van der Waals surface area (Å²) in [6, 6.07) is 7.10. The average molecular weight is 338 g/mol. The highest BCUT2D eigenvalue weighted by atomic mass is 16.6. The predicted molar refractivity (Wildman–Crippen MR) is 88.9 cm³/mol. The number of carbonyl (C=O) groups excluding carboxylic acids is 2. The molecule has 0 amide bonds. The summed E-state index contributed by atoms with van der Waals surface area (Å²) >= 11 is 0. The molecule has 24 heavy (non-hydrogen) atoms. The van der Waals surface area contributed by atoms with Gasteiger partial charge in [0.25, 0.3) is 0 Å². The lowest BCUT2D eigenvalue weighted by atomic mass is 10.1. The fraction of sp³-hybridized carbons (Fsp3) is 0.556. The van der Waals surface area contributed by atoms with E-state index in [1.165, 1.54) is 7.11 Å². The van der Waals surface area contributed by atoms with Gasteiger partial charge in [0.05, 0.1) is 6.61 Å². The number of ether oxygens (including phenoxy) is 4. The van der Waals surface area contributed by atoms with Crippen LogP contribution in [-0.2, 0) is 30.2 Å². The van der Waals surface area contributed by atoms with E-state index in [0.717, 1.165) is 5.56 Å². The predicted octanol–water partition coefficient (Wildman–Crippen LogP) is 2.53. The summed E-state index contributed by atoms with van der Waals surface area (Å²) in [5, 5.41) is 0. The molecule has 6 nitrogen and oxygen atoms in total. The van der Waals surface area contributed by atoms with Gasteiger partial charge in [0.15, 0.2) is 12.7 Å². The quantitative estimate of drug-likeness (QED) is 0.678. The van der Waals surface area contributed by atoms with Crippen LogP contribution in [0.5, 0.6) is 5.75 Å². The maximum atomic E-state index is 11.7. The maximum absolute atomic E-state index is 11.7. The van der Waals surface area contributed by atoms with Crippen LogP contribution in [0.4, 0.5) is 0 Å². The lowest BCUT2D eigenvalue weighted by Crippen LogP contribution is -2.27. The zero-order chi connectivity index (χ0) is 18.2. The van der Waals surface area contributed by atoms with Gasteiger partial charge < -0.3 is 18.9 Å². The first-order chi connectivity index (χ1) is 11.2. The van der Waals surface area contributed by atoms with E-state index in [4.69, 9.17) is 18.9 Å². The number of hydrogen-bond acceptors (Lipinski definition) is 6. The Labute approximate surface area is 143 Å². The van der Waals surface area contributed by atoms with Gasteiger partial charge in [0.1, 0.15) is 11.4 Å². The Bertz CT molecular complexity index is 529. The molecule has 0 aliphatic heterocycles. The summed E-state index contributed by atoms with van der Waals surface area (Å²) in [7, 11) is 1.47. The second-order valence-electron chi connectivity index (χ2n) is 6.20. The Balaban J connectivity index is 2.53. The number of hydrogen-bond donors (Lipinski definition) is 0. The number of esters is 2.